The van der Waals surface area contributed by atoms with Gasteiger partial charge in [0.15, 0.2) is 0 Å². The van der Waals surface area contributed by atoms with Crippen molar-refractivity contribution in [1.29, 1.82) is 0 Å². The van der Waals surface area contributed by atoms with Gasteiger partial charge < -0.3 is 20.0 Å². The second-order valence-corrected chi connectivity index (χ2v) is 5.84. The van der Waals surface area contributed by atoms with E-state index < -0.39 is 5.97 Å². The maximum absolute atomic E-state index is 12.5. The van der Waals surface area contributed by atoms with Gasteiger partial charge in [-0.15, -0.1) is 0 Å². The van der Waals surface area contributed by atoms with E-state index in [2.05, 4.69) is 0 Å². The average molecular weight is 284 g/mol. The predicted octanol–water partition coefficient (Wildman–Crippen LogP) is 1.14. The summed E-state index contributed by atoms with van der Waals surface area (Å²) < 4.78 is 0. The van der Waals surface area contributed by atoms with Crippen LogP contribution in [0.2, 0.25) is 0 Å². The zero-order chi connectivity index (χ0) is 14.5. The number of aliphatic carboxylic acids is 1. The van der Waals surface area contributed by atoms with Gasteiger partial charge in [-0.2, -0.15) is 0 Å². The SMILES string of the molecule is O=C(O)CC1CCN(C(=O)N2CCCCC2CCO)C1. The first kappa shape index (κ1) is 15.1. The second kappa shape index (κ2) is 6.92. The normalized spacial score (nSPS) is 26.9. The van der Waals surface area contributed by atoms with Crippen molar-refractivity contribution in [3.05, 3.63) is 0 Å². The summed E-state index contributed by atoms with van der Waals surface area (Å²) in [4.78, 5) is 26.9. The van der Waals surface area contributed by atoms with Crippen LogP contribution in [0.4, 0.5) is 4.79 Å². The Kier molecular flexibility index (Phi) is 5.23. The molecule has 2 saturated heterocycles. The van der Waals surface area contributed by atoms with Gasteiger partial charge in [0.2, 0.25) is 0 Å². The molecule has 6 heteroatoms. The fraction of sp³-hybridized carbons (Fsp3) is 0.857. The highest BCUT2D eigenvalue weighted by atomic mass is 16.4. The number of rotatable bonds is 4. The fourth-order valence-electron chi connectivity index (χ4n) is 3.30. The van der Waals surface area contributed by atoms with Crippen molar-refractivity contribution in [3.8, 4) is 0 Å². The number of piperidine rings is 1. The lowest BCUT2D eigenvalue weighted by Gasteiger charge is -2.38. The van der Waals surface area contributed by atoms with Gasteiger partial charge in [0.1, 0.15) is 0 Å². The van der Waals surface area contributed by atoms with Crippen LogP contribution in [0.3, 0.4) is 0 Å². The Hall–Kier alpha value is -1.30. The van der Waals surface area contributed by atoms with Crippen molar-refractivity contribution in [2.24, 2.45) is 5.92 Å². The molecule has 0 aromatic heterocycles. The summed E-state index contributed by atoms with van der Waals surface area (Å²) in [5, 5.41) is 17.9. The zero-order valence-corrected chi connectivity index (χ0v) is 11.8. The van der Waals surface area contributed by atoms with Crippen molar-refractivity contribution < 1.29 is 19.8 Å². The highest BCUT2D eigenvalue weighted by Gasteiger charge is 2.34. The van der Waals surface area contributed by atoms with Crippen LogP contribution >= 0.6 is 0 Å². The second-order valence-electron chi connectivity index (χ2n) is 5.84. The Morgan fingerprint density at radius 1 is 1.15 bits per heavy atom. The standard InChI is InChI=1S/C14H24N2O4/c17-8-5-12-3-1-2-6-16(12)14(20)15-7-4-11(10-15)9-13(18)19/h11-12,17H,1-10H2,(H,18,19). The number of aliphatic hydroxyl groups is 1. The number of carboxylic acids is 1. The number of nitrogens with zero attached hydrogens (tertiary/aromatic N) is 2. The molecular formula is C14H24N2O4. The Labute approximate surface area is 119 Å². The van der Waals surface area contributed by atoms with Crippen molar-refractivity contribution in [1.82, 2.24) is 9.80 Å². The van der Waals surface area contributed by atoms with E-state index in [9.17, 15) is 9.59 Å². The smallest absolute Gasteiger partial charge is 0.320 e. The quantitative estimate of drug-likeness (QED) is 0.811. The minimum Gasteiger partial charge on any atom is -0.481 e. The summed E-state index contributed by atoms with van der Waals surface area (Å²) >= 11 is 0. The van der Waals surface area contributed by atoms with Gasteiger partial charge in [-0.25, -0.2) is 4.79 Å². The number of aliphatic hydroxyl groups excluding tert-OH is 1. The van der Waals surface area contributed by atoms with Crippen LogP contribution in [0.15, 0.2) is 0 Å². The Morgan fingerprint density at radius 3 is 2.65 bits per heavy atom. The molecule has 0 bridgehead atoms. The third kappa shape index (κ3) is 3.62. The summed E-state index contributed by atoms with van der Waals surface area (Å²) in [6.07, 6.45) is 4.63. The number of amides is 2. The summed E-state index contributed by atoms with van der Waals surface area (Å²) in [6, 6.07) is 0.163. The monoisotopic (exact) mass is 284 g/mol. The molecule has 2 N–H and O–H groups in total. The number of urea groups is 1. The third-order valence-corrected chi connectivity index (χ3v) is 4.35. The third-order valence-electron chi connectivity index (χ3n) is 4.35. The van der Waals surface area contributed by atoms with Gasteiger partial charge in [0.25, 0.3) is 0 Å². The highest BCUT2D eigenvalue weighted by molar-refractivity contribution is 5.75. The molecule has 2 unspecified atom stereocenters. The van der Waals surface area contributed by atoms with E-state index in [-0.39, 0.29) is 31.0 Å². The average Bonchev–Trinajstić information content (AvgIpc) is 2.86. The summed E-state index contributed by atoms with van der Waals surface area (Å²) in [6.45, 7) is 2.06. The molecule has 0 aliphatic carbocycles. The number of hydrogen-bond acceptors (Lipinski definition) is 3. The first-order chi connectivity index (χ1) is 9.61. The summed E-state index contributed by atoms with van der Waals surface area (Å²) in [7, 11) is 0. The van der Waals surface area contributed by atoms with E-state index in [0.717, 1.165) is 32.2 Å². The molecule has 2 aliphatic rings. The lowest BCUT2D eigenvalue weighted by Crippen LogP contribution is -2.50. The molecule has 2 fully saturated rings. The Morgan fingerprint density at radius 2 is 1.95 bits per heavy atom. The van der Waals surface area contributed by atoms with E-state index >= 15 is 0 Å². The van der Waals surface area contributed by atoms with E-state index in [4.69, 9.17) is 10.2 Å². The molecule has 0 aromatic rings. The van der Waals surface area contributed by atoms with Crippen molar-refractivity contribution in [2.75, 3.05) is 26.2 Å². The first-order valence-corrected chi connectivity index (χ1v) is 7.50. The molecule has 0 saturated carbocycles. The number of hydrogen-bond donors (Lipinski definition) is 2. The van der Waals surface area contributed by atoms with Crippen LogP contribution in [-0.4, -0.2) is 64.3 Å². The van der Waals surface area contributed by atoms with Crippen LogP contribution < -0.4 is 0 Å². The van der Waals surface area contributed by atoms with Crippen molar-refractivity contribution in [2.45, 2.75) is 44.6 Å². The molecule has 2 aliphatic heterocycles. The molecule has 20 heavy (non-hydrogen) atoms. The van der Waals surface area contributed by atoms with Gasteiger partial charge >= 0.3 is 12.0 Å². The fourth-order valence-corrected chi connectivity index (χ4v) is 3.30. The van der Waals surface area contributed by atoms with Gasteiger partial charge in [-0.1, -0.05) is 0 Å². The number of carbonyl (C=O) groups excluding carboxylic acids is 1. The molecular weight excluding hydrogens is 260 g/mol. The van der Waals surface area contributed by atoms with Crippen molar-refractivity contribution >= 4 is 12.0 Å². The minimum absolute atomic E-state index is 0.0241. The summed E-state index contributed by atoms with van der Waals surface area (Å²) in [5.41, 5.74) is 0. The molecule has 2 rings (SSSR count). The zero-order valence-electron chi connectivity index (χ0n) is 11.8. The maximum atomic E-state index is 12.5. The van der Waals surface area contributed by atoms with Gasteiger partial charge in [0.05, 0.1) is 0 Å². The van der Waals surface area contributed by atoms with Crippen LogP contribution in [0, 0.1) is 5.92 Å². The topological polar surface area (TPSA) is 81.1 Å². The lowest BCUT2D eigenvalue weighted by atomic mass is 10.00. The number of likely N-dealkylation sites (tertiary alicyclic amines) is 2. The maximum Gasteiger partial charge on any atom is 0.320 e. The number of carbonyl (C=O) groups is 2. The molecule has 114 valence electrons. The lowest BCUT2D eigenvalue weighted by molar-refractivity contribution is -0.138. The Bertz CT molecular complexity index is 359. The van der Waals surface area contributed by atoms with Crippen LogP contribution in [0.1, 0.15) is 38.5 Å². The van der Waals surface area contributed by atoms with Gasteiger partial charge in [-0.05, 0) is 38.0 Å². The van der Waals surface area contributed by atoms with Gasteiger partial charge in [0, 0.05) is 38.7 Å². The first-order valence-electron chi connectivity index (χ1n) is 7.50. The molecule has 0 spiro atoms. The number of carboxylic acid groups (broad SMARTS) is 1. The summed E-state index contributed by atoms with van der Waals surface area (Å²) in [5.74, 6) is -0.710. The molecule has 0 aromatic carbocycles. The van der Waals surface area contributed by atoms with E-state index in [0.29, 0.717) is 19.5 Å². The van der Waals surface area contributed by atoms with Crippen LogP contribution in [-0.2, 0) is 4.79 Å². The van der Waals surface area contributed by atoms with Crippen LogP contribution in [0.5, 0.6) is 0 Å². The molecule has 2 heterocycles. The molecule has 6 nitrogen and oxygen atoms in total. The highest BCUT2D eigenvalue weighted by Crippen LogP contribution is 2.25. The molecule has 2 atom stereocenters. The molecule has 0 radical (unpaired) electrons. The van der Waals surface area contributed by atoms with E-state index in [1.54, 1.807) is 4.90 Å². The Balaban J connectivity index is 1.91. The van der Waals surface area contributed by atoms with E-state index in [1.165, 1.54) is 0 Å². The van der Waals surface area contributed by atoms with Gasteiger partial charge in [-0.3, -0.25) is 4.79 Å². The minimum atomic E-state index is -0.791. The largest absolute Gasteiger partial charge is 0.481 e. The van der Waals surface area contributed by atoms with Crippen LogP contribution in [0.25, 0.3) is 0 Å². The predicted molar refractivity (Wildman–Crippen MR) is 73.4 cm³/mol. The van der Waals surface area contributed by atoms with Crippen molar-refractivity contribution in [3.63, 3.8) is 0 Å². The molecule has 2 amide bonds. The van der Waals surface area contributed by atoms with E-state index in [1.807, 2.05) is 4.90 Å².